The number of halogens is 1. The first-order chi connectivity index (χ1) is 9.93. The van der Waals surface area contributed by atoms with E-state index in [0.717, 1.165) is 5.52 Å². The Bertz CT molecular complexity index is 768. The molecule has 0 aliphatic carbocycles. The molecule has 0 saturated carbocycles. The molecular weight excluding hydrogens is 385 g/mol. The molecule has 0 unspecified atom stereocenters. The van der Waals surface area contributed by atoms with Gasteiger partial charge in [0.1, 0.15) is 0 Å². The maximum absolute atomic E-state index is 8.73. The third-order valence-electron chi connectivity index (χ3n) is 3.25. The molecule has 0 atom stereocenters. The second-order valence-electron chi connectivity index (χ2n) is 4.53. The Kier molecular flexibility index (Phi) is 3.64. The molecule has 1 heterocycles. The number of nitrogens with zero attached hydrogens (tertiary/aromatic N) is 1. The van der Waals surface area contributed by atoms with Crippen molar-refractivity contribution < 1.29 is 33.8 Å². The molecule has 106 valence electrons. The van der Waals surface area contributed by atoms with Gasteiger partial charge in [0.15, 0.2) is 0 Å². The lowest BCUT2D eigenvalue weighted by Gasteiger charge is -2.08. The standard InChI is InChI=1S/C15H9N.HIO4/c1-2-10-4-5-12-8-9-16-13-7-6-11(3-1)14(10)15(12)13;2-1(3,4)5/h1-9H;2H. The fraction of sp³-hybridized carbons (Fsp3) is 0. The van der Waals surface area contributed by atoms with Gasteiger partial charge in [0, 0.05) is 15.0 Å². The SMILES string of the molecule is [O-][I+3]([O-])([O-])O.c1cc2ccc3ccnc4ccc(c1)c2c34. The molecule has 5 nitrogen and oxygen atoms in total. The molecule has 3 aromatic carbocycles. The Morgan fingerprint density at radius 2 is 1.29 bits per heavy atom. The summed E-state index contributed by atoms with van der Waals surface area (Å²) in [5.74, 6) is 0. The molecular formula is C15H10INO4. The quantitative estimate of drug-likeness (QED) is 0.251. The monoisotopic (exact) mass is 395 g/mol. The highest BCUT2D eigenvalue weighted by molar-refractivity contribution is 6.21. The van der Waals surface area contributed by atoms with E-state index in [1.807, 2.05) is 6.20 Å². The van der Waals surface area contributed by atoms with Gasteiger partial charge < -0.3 is 0 Å². The minimum absolute atomic E-state index is 1.09. The Balaban J connectivity index is 0.000000233. The van der Waals surface area contributed by atoms with E-state index in [4.69, 9.17) is 13.7 Å². The number of benzene rings is 3. The molecule has 6 heteroatoms. The summed E-state index contributed by atoms with van der Waals surface area (Å²) in [4.78, 5) is 4.43. The lowest BCUT2D eigenvalue weighted by molar-refractivity contribution is -1.92. The largest absolute Gasteiger partial charge is 0.368 e. The summed E-state index contributed by atoms with van der Waals surface area (Å²) in [5.41, 5.74) is 1.09. The molecule has 21 heavy (non-hydrogen) atoms. The van der Waals surface area contributed by atoms with Crippen molar-refractivity contribution in [1.29, 1.82) is 0 Å². The number of hydrogen-bond donors (Lipinski definition) is 1. The van der Waals surface area contributed by atoms with Gasteiger partial charge in [-0.3, -0.25) is 15.3 Å². The van der Waals surface area contributed by atoms with Gasteiger partial charge in [0.2, 0.25) is 0 Å². The first-order valence-electron chi connectivity index (χ1n) is 6.05. The molecule has 1 N–H and O–H groups in total. The lowest BCUT2D eigenvalue weighted by atomic mass is 9.97. The van der Waals surface area contributed by atoms with Crippen molar-refractivity contribution in [2.24, 2.45) is 0 Å². The fourth-order valence-electron chi connectivity index (χ4n) is 2.53. The van der Waals surface area contributed by atoms with Crippen molar-refractivity contribution in [2.75, 3.05) is 0 Å². The minimum Gasteiger partial charge on any atom is -0.256 e. The van der Waals surface area contributed by atoms with Crippen LogP contribution < -0.4 is 30.4 Å². The van der Waals surface area contributed by atoms with Crippen molar-refractivity contribution >= 4 is 32.4 Å². The van der Waals surface area contributed by atoms with E-state index in [1.165, 1.54) is 26.9 Å². The highest BCUT2D eigenvalue weighted by atomic mass is 127. The molecule has 0 spiro atoms. The zero-order valence-electron chi connectivity index (χ0n) is 10.7. The van der Waals surface area contributed by atoms with Gasteiger partial charge in [-0.15, -0.1) is 0 Å². The molecule has 4 aromatic rings. The third-order valence-corrected chi connectivity index (χ3v) is 3.25. The molecule has 4 rings (SSSR count). The van der Waals surface area contributed by atoms with Crippen LogP contribution in [-0.4, -0.2) is 8.42 Å². The van der Waals surface area contributed by atoms with Crippen LogP contribution in [0.3, 0.4) is 0 Å². The van der Waals surface area contributed by atoms with Crippen LogP contribution in [0.2, 0.25) is 0 Å². The zero-order chi connectivity index (χ0) is 15.0. The molecule has 0 aliphatic rings. The molecule has 0 radical (unpaired) electrons. The van der Waals surface area contributed by atoms with Gasteiger partial charge in [-0.25, -0.2) is 0 Å². The predicted molar refractivity (Wildman–Crippen MR) is 70.2 cm³/mol. The van der Waals surface area contributed by atoms with E-state index in [-0.39, 0.29) is 0 Å². The fourth-order valence-corrected chi connectivity index (χ4v) is 2.53. The Morgan fingerprint density at radius 1 is 0.762 bits per heavy atom. The average molecular weight is 395 g/mol. The van der Waals surface area contributed by atoms with E-state index < -0.39 is 20.1 Å². The van der Waals surface area contributed by atoms with Crippen molar-refractivity contribution in [3.8, 4) is 0 Å². The van der Waals surface area contributed by atoms with E-state index in [1.54, 1.807) is 0 Å². The molecule has 0 aliphatic heterocycles. The second-order valence-corrected chi connectivity index (χ2v) is 6.80. The highest BCUT2D eigenvalue weighted by Crippen LogP contribution is 2.32. The summed E-state index contributed by atoms with van der Waals surface area (Å²) in [6.07, 6.45) is 1.88. The van der Waals surface area contributed by atoms with E-state index >= 15 is 0 Å². The van der Waals surface area contributed by atoms with Crippen molar-refractivity contribution in [3.63, 3.8) is 0 Å². The highest BCUT2D eigenvalue weighted by Gasteiger charge is 2.12. The summed E-state index contributed by atoms with van der Waals surface area (Å²) in [6, 6.07) is 17.1. The number of hydrogen-bond acceptors (Lipinski definition) is 5. The topological polar surface area (TPSA) is 102 Å². The van der Waals surface area contributed by atoms with Gasteiger partial charge in [-0.1, -0.05) is 36.4 Å². The van der Waals surface area contributed by atoms with E-state index in [0.29, 0.717) is 0 Å². The van der Waals surface area contributed by atoms with Gasteiger partial charge in [-0.2, -0.15) is 0 Å². The average Bonchev–Trinajstić information content (AvgIpc) is 2.43. The normalized spacial score (nSPS) is 11.8. The Hall–Kier alpha value is -1.58. The second kappa shape index (κ2) is 5.32. The smallest absolute Gasteiger partial charge is 0.256 e. The Morgan fingerprint density at radius 3 is 1.90 bits per heavy atom. The lowest BCUT2D eigenvalue weighted by Crippen LogP contribution is -4.23. The number of pyridine rings is 1. The van der Waals surface area contributed by atoms with Crippen LogP contribution in [0.15, 0.2) is 54.7 Å². The molecule has 0 amide bonds. The van der Waals surface area contributed by atoms with Gasteiger partial charge in [0.05, 0.1) is 5.52 Å². The summed E-state index contributed by atoms with van der Waals surface area (Å²) in [5, 5.41) is 6.49. The first kappa shape index (κ1) is 14.4. The Labute approximate surface area is 126 Å². The van der Waals surface area contributed by atoms with Crippen LogP contribution in [0.25, 0.3) is 32.4 Å². The summed E-state index contributed by atoms with van der Waals surface area (Å²) in [7, 11) is 0. The maximum Gasteiger partial charge on any atom is 0.368 e. The zero-order valence-corrected chi connectivity index (χ0v) is 12.9. The molecule has 1 aromatic heterocycles. The third kappa shape index (κ3) is 3.04. The maximum atomic E-state index is 8.73. The number of rotatable bonds is 0. The molecule has 0 bridgehead atoms. The van der Waals surface area contributed by atoms with E-state index in [9.17, 15) is 0 Å². The van der Waals surface area contributed by atoms with Crippen molar-refractivity contribution in [2.45, 2.75) is 0 Å². The first-order valence-corrected chi connectivity index (χ1v) is 9.66. The van der Waals surface area contributed by atoms with Crippen LogP contribution in [0.5, 0.6) is 0 Å². The van der Waals surface area contributed by atoms with Crippen molar-refractivity contribution in [1.82, 2.24) is 4.98 Å². The molecule has 0 saturated heterocycles. The van der Waals surface area contributed by atoms with Crippen LogP contribution in [-0.2, 0) is 0 Å². The number of aromatic nitrogens is 1. The summed E-state index contributed by atoms with van der Waals surface area (Å²) in [6.45, 7) is 0. The summed E-state index contributed by atoms with van der Waals surface area (Å²) >= 11 is -5.69. The van der Waals surface area contributed by atoms with Gasteiger partial charge >= 0.3 is 20.1 Å². The summed E-state index contributed by atoms with van der Waals surface area (Å²) < 4.78 is 33.2. The van der Waals surface area contributed by atoms with E-state index in [2.05, 4.69) is 53.5 Å². The van der Waals surface area contributed by atoms with Crippen molar-refractivity contribution in [3.05, 3.63) is 54.7 Å². The molecule has 0 fully saturated rings. The minimum atomic E-state index is -5.69. The van der Waals surface area contributed by atoms with Gasteiger partial charge in [-0.05, 0) is 33.7 Å². The van der Waals surface area contributed by atoms with Gasteiger partial charge in [0.25, 0.3) is 0 Å². The predicted octanol–water partition coefficient (Wildman–Crippen LogP) is -3.14. The van der Waals surface area contributed by atoms with Crippen LogP contribution in [0, 0.1) is 0 Å². The van der Waals surface area contributed by atoms with Crippen LogP contribution in [0.4, 0.5) is 0 Å². The van der Waals surface area contributed by atoms with Crippen LogP contribution >= 0.6 is 0 Å². The van der Waals surface area contributed by atoms with Crippen LogP contribution in [0.1, 0.15) is 0 Å².